The molecule has 4 aromatic rings. The molecule has 0 radical (unpaired) electrons. The maximum atomic E-state index is 14.0. The van der Waals surface area contributed by atoms with Crippen LogP contribution in [0, 0.1) is 0 Å². The molecule has 2 N–H and O–H groups in total. The fourth-order valence-electron chi connectivity index (χ4n) is 5.81. The molecule has 10 nitrogen and oxygen atoms in total. The molecule has 6 rings (SSSR count). The SMILES string of the molecule is CN(C(=O)NCc1ccccc1)N1CC(=O)N2[C@@H](Cc3ccc(O)cc3)C(=O)N(Cc3cccc4cccnc34)C[C@@H]21. The lowest BCUT2D eigenvalue weighted by Crippen LogP contribution is -2.65. The smallest absolute Gasteiger partial charge is 0.332 e. The highest BCUT2D eigenvalue weighted by molar-refractivity contribution is 5.92. The van der Waals surface area contributed by atoms with E-state index in [4.69, 9.17) is 0 Å². The number of hydrazine groups is 1. The predicted molar refractivity (Wildman–Crippen MR) is 157 cm³/mol. The second kappa shape index (κ2) is 11.5. The van der Waals surface area contributed by atoms with Crippen LogP contribution in [0.2, 0.25) is 0 Å². The first-order valence-electron chi connectivity index (χ1n) is 13.9. The van der Waals surface area contributed by atoms with E-state index in [1.54, 1.807) is 52.3 Å². The number of phenols is 1. The zero-order chi connectivity index (χ0) is 29.2. The molecule has 0 aliphatic carbocycles. The number of urea groups is 1. The summed E-state index contributed by atoms with van der Waals surface area (Å²) in [6, 6.07) is 24.9. The summed E-state index contributed by atoms with van der Waals surface area (Å²) in [7, 11) is 1.64. The lowest BCUT2D eigenvalue weighted by atomic mass is 9.99. The molecular formula is C32H32N6O4. The average Bonchev–Trinajstić information content (AvgIpc) is 3.34. The molecule has 0 bridgehead atoms. The Morgan fingerprint density at radius 3 is 2.52 bits per heavy atom. The largest absolute Gasteiger partial charge is 0.508 e. The summed E-state index contributed by atoms with van der Waals surface area (Å²) < 4.78 is 0. The minimum atomic E-state index is -0.769. The van der Waals surface area contributed by atoms with E-state index in [9.17, 15) is 19.5 Å². The number of nitrogens with one attached hydrogen (secondary N) is 1. The third kappa shape index (κ3) is 5.36. The second-order valence-electron chi connectivity index (χ2n) is 10.6. The Labute approximate surface area is 243 Å². The number of fused-ring (bicyclic) bond motifs is 2. The maximum absolute atomic E-state index is 14.0. The lowest BCUT2D eigenvalue weighted by molar-refractivity contribution is -0.157. The van der Waals surface area contributed by atoms with Gasteiger partial charge in [0, 0.05) is 38.1 Å². The maximum Gasteiger partial charge on any atom is 0.332 e. The van der Waals surface area contributed by atoms with Crippen LogP contribution < -0.4 is 5.32 Å². The van der Waals surface area contributed by atoms with Crippen LogP contribution in [0.25, 0.3) is 10.9 Å². The number of nitrogens with zero attached hydrogens (tertiary/aromatic N) is 5. The number of aromatic nitrogens is 1. The number of para-hydroxylation sites is 1. The highest BCUT2D eigenvalue weighted by atomic mass is 16.3. The van der Waals surface area contributed by atoms with Gasteiger partial charge in [-0.25, -0.2) is 4.79 Å². The molecule has 3 aromatic carbocycles. The monoisotopic (exact) mass is 564 g/mol. The summed E-state index contributed by atoms with van der Waals surface area (Å²) >= 11 is 0. The van der Waals surface area contributed by atoms with Crippen molar-refractivity contribution in [3.05, 3.63) is 108 Å². The molecule has 2 fully saturated rings. The van der Waals surface area contributed by atoms with E-state index in [1.165, 1.54) is 5.01 Å². The molecule has 4 amide bonds. The summed E-state index contributed by atoms with van der Waals surface area (Å²) in [5.41, 5.74) is 3.51. The van der Waals surface area contributed by atoms with Crippen LogP contribution >= 0.6 is 0 Å². The normalized spacial score (nSPS) is 18.8. The molecule has 0 saturated carbocycles. The number of pyridine rings is 1. The standard InChI is InChI=1S/C32H32N6O4/c1-35(32(42)34-18-23-7-3-2-4-8-23)37-21-29(40)38-27(17-22-12-14-26(39)15-13-22)31(41)36(20-28(37)38)19-25-10-5-9-24-11-6-16-33-30(24)25/h2-16,27-28,39H,17-21H2,1H3,(H,34,42)/t27-,28+/m0/s1. The number of hydrogen-bond acceptors (Lipinski definition) is 6. The fourth-order valence-corrected chi connectivity index (χ4v) is 5.81. The predicted octanol–water partition coefficient (Wildman–Crippen LogP) is 3.12. The number of rotatable bonds is 7. The van der Waals surface area contributed by atoms with Crippen molar-refractivity contribution < 1.29 is 19.5 Å². The summed E-state index contributed by atoms with van der Waals surface area (Å²) in [5, 5.41) is 16.8. The van der Waals surface area contributed by atoms with E-state index in [-0.39, 0.29) is 43.1 Å². The molecule has 3 heterocycles. The highest BCUT2D eigenvalue weighted by Crippen LogP contribution is 2.31. The molecule has 214 valence electrons. The number of carbonyl (C=O) groups excluding carboxylic acids is 3. The van der Waals surface area contributed by atoms with Gasteiger partial charge in [0.2, 0.25) is 11.8 Å². The Morgan fingerprint density at radius 1 is 0.976 bits per heavy atom. The van der Waals surface area contributed by atoms with Crippen molar-refractivity contribution >= 4 is 28.7 Å². The Kier molecular flexibility index (Phi) is 7.45. The topological polar surface area (TPSA) is 109 Å². The molecule has 0 spiro atoms. The molecule has 2 atom stereocenters. The van der Waals surface area contributed by atoms with Crippen molar-refractivity contribution in [3.8, 4) is 5.75 Å². The summed E-state index contributed by atoms with van der Waals surface area (Å²) in [6.45, 7) is 0.872. The van der Waals surface area contributed by atoms with E-state index in [2.05, 4.69) is 10.3 Å². The van der Waals surface area contributed by atoms with Crippen molar-refractivity contribution in [1.29, 1.82) is 0 Å². The number of amides is 4. The van der Waals surface area contributed by atoms with Crippen molar-refractivity contribution in [1.82, 2.24) is 30.1 Å². The Morgan fingerprint density at radius 2 is 1.74 bits per heavy atom. The fraction of sp³-hybridized carbons (Fsp3) is 0.250. The van der Waals surface area contributed by atoms with Crippen LogP contribution in [-0.2, 0) is 29.1 Å². The van der Waals surface area contributed by atoms with Crippen molar-refractivity contribution in [2.45, 2.75) is 31.7 Å². The van der Waals surface area contributed by atoms with Gasteiger partial charge in [0.25, 0.3) is 0 Å². The zero-order valence-electron chi connectivity index (χ0n) is 23.3. The first kappa shape index (κ1) is 27.2. The van der Waals surface area contributed by atoms with Crippen molar-refractivity contribution in [3.63, 3.8) is 0 Å². The van der Waals surface area contributed by atoms with Gasteiger partial charge < -0.3 is 20.2 Å². The number of benzene rings is 3. The number of piperazine rings is 1. The van der Waals surface area contributed by atoms with E-state index in [0.29, 0.717) is 13.1 Å². The first-order chi connectivity index (χ1) is 20.4. The van der Waals surface area contributed by atoms with Gasteiger partial charge in [-0.05, 0) is 34.9 Å². The Balaban J connectivity index is 1.28. The van der Waals surface area contributed by atoms with Crippen LogP contribution in [0.3, 0.4) is 0 Å². The lowest BCUT2D eigenvalue weighted by Gasteiger charge is -2.45. The molecule has 2 aliphatic rings. The molecule has 0 unspecified atom stereocenters. The highest BCUT2D eigenvalue weighted by Gasteiger charge is 2.51. The third-order valence-electron chi connectivity index (χ3n) is 7.98. The van der Waals surface area contributed by atoms with Gasteiger partial charge in [0.05, 0.1) is 18.6 Å². The van der Waals surface area contributed by atoms with Gasteiger partial charge in [-0.2, -0.15) is 5.01 Å². The zero-order valence-corrected chi connectivity index (χ0v) is 23.3. The molecule has 2 saturated heterocycles. The Bertz CT molecular complexity index is 1610. The van der Waals surface area contributed by atoms with Crippen LogP contribution in [0.5, 0.6) is 5.75 Å². The summed E-state index contributed by atoms with van der Waals surface area (Å²) in [6.07, 6.45) is 1.48. The van der Waals surface area contributed by atoms with Crippen molar-refractivity contribution in [2.75, 3.05) is 20.1 Å². The van der Waals surface area contributed by atoms with Gasteiger partial charge in [0.15, 0.2) is 0 Å². The van der Waals surface area contributed by atoms with Gasteiger partial charge in [-0.15, -0.1) is 0 Å². The third-order valence-corrected chi connectivity index (χ3v) is 7.98. The number of carbonyl (C=O) groups is 3. The van der Waals surface area contributed by atoms with Crippen LogP contribution in [0.4, 0.5) is 4.79 Å². The van der Waals surface area contributed by atoms with Crippen molar-refractivity contribution in [2.24, 2.45) is 0 Å². The molecule has 42 heavy (non-hydrogen) atoms. The van der Waals surface area contributed by atoms with Crippen LogP contribution in [0.15, 0.2) is 91.1 Å². The van der Waals surface area contributed by atoms with Crippen LogP contribution in [0.1, 0.15) is 16.7 Å². The number of hydrogen-bond donors (Lipinski definition) is 2. The Hall–Kier alpha value is -4.96. The van der Waals surface area contributed by atoms with E-state index < -0.39 is 12.2 Å². The molecule has 2 aliphatic heterocycles. The van der Waals surface area contributed by atoms with Gasteiger partial charge >= 0.3 is 6.03 Å². The summed E-state index contributed by atoms with van der Waals surface area (Å²) in [4.78, 5) is 48.7. The van der Waals surface area contributed by atoms with Crippen LogP contribution in [-0.4, -0.2) is 80.1 Å². The van der Waals surface area contributed by atoms with Gasteiger partial charge in [0.1, 0.15) is 18.0 Å². The average molecular weight is 565 g/mol. The quantitative estimate of drug-likeness (QED) is 0.357. The van der Waals surface area contributed by atoms with Gasteiger partial charge in [-0.1, -0.05) is 66.7 Å². The number of phenolic OH excluding ortho intramolecular Hbond substituents is 1. The van der Waals surface area contributed by atoms with Gasteiger partial charge in [-0.3, -0.25) is 19.6 Å². The number of aromatic hydroxyl groups is 1. The van der Waals surface area contributed by atoms with E-state index >= 15 is 0 Å². The van der Waals surface area contributed by atoms with E-state index in [1.807, 2.05) is 60.7 Å². The molecule has 10 heteroatoms. The first-order valence-corrected chi connectivity index (χ1v) is 13.9. The second-order valence-corrected chi connectivity index (χ2v) is 10.6. The van der Waals surface area contributed by atoms with E-state index in [0.717, 1.165) is 27.6 Å². The molecule has 1 aromatic heterocycles. The minimum absolute atomic E-state index is 0.0249. The molecular weight excluding hydrogens is 532 g/mol. The summed E-state index contributed by atoms with van der Waals surface area (Å²) in [5.74, 6) is -0.256. The minimum Gasteiger partial charge on any atom is -0.508 e.